The molecule has 5 aromatic rings. The van der Waals surface area contributed by atoms with Gasteiger partial charge in [0.1, 0.15) is 35.7 Å². The van der Waals surface area contributed by atoms with E-state index >= 15 is 24.0 Å². The van der Waals surface area contributed by atoms with Gasteiger partial charge in [0, 0.05) is 78.6 Å². The number of unbranched alkanes of at least 4 members (excludes halogenated alkanes) is 1. The average molecular weight is 965 g/mol. The summed E-state index contributed by atoms with van der Waals surface area (Å²) < 4.78 is 0. The lowest BCUT2D eigenvalue weighted by Crippen LogP contribution is -2.65. The number of aromatic amines is 2. The zero-order valence-electron chi connectivity index (χ0n) is 40.1. The second kappa shape index (κ2) is 20.7. The average Bonchev–Trinajstić information content (AvgIpc) is 4.26. The molecule has 0 unspecified atom stereocenters. The highest BCUT2D eigenvalue weighted by atomic mass is 16.2. The van der Waals surface area contributed by atoms with Gasteiger partial charge in [-0.1, -0.05) is 62.1 Å². The van der Waals surface area contributed by atoms with Crippen molar-refractivity contribution in [2.75, 3.05) is 13.1 Å². The first-order chi connectivity index (χ1) is 34.6. The lowest BCUT2D eigenvalue weighted by molar-refractivity contribution is -0.150. The first-order valence-electron chi connectivity index (χ1n) is 25.7. The number of hydrogen-bond donors (Lipinski definition) is 7. The Kier molecular flexibility index (Phi) is 13.9. The predicted octanol–water partition coefficient (Wildman–Crippen LogP) is 4.48. The molecule has 0 radical (unpaired) electrons. The van der Waals surface area contributed by atoms with Gasteiger partial charge in [0.2, 0.25) is 35.4 Å². The monoisotopic (exact) mass is 964 g/mol. The van der Waals surface area contributed by atoms with Crippen LogP contribution in [-0.2, 0) is 41.6 Å². The van der Waals surface area contributed by atoms with Crippen LogP contribution in [0.15, 0.2) is 85.5 Å². The fourth-order valence-corrected chi connectivity index (χ4v) is 12.2. The molecule has 7 N–H and O–H groups in total. The van der Waals surface area contributed by atoms with Crippen LogP contribution in [-0.4, -0.2) is 121 Å². The number of carbonyl (C=O) groups is 7. The van der Waals surface area contributed by atoms with E-state index in [9.17, 15) is 9.59 Å². The lowest BCUT2D eigenvalue weighted by atomic mass is 9.84. The predicted molar refractivity (Wildman–Crippen MR) is 265 cm³/mol. The van der Waals surface area contributed by atoms with E-state index in [2.05, 4.69) is 41.5 Å². The van der Waals surface area contributed by atoms with Crippen LogP contribution in [0.1, 0.15) is 111 Å². The number of H-pyrrole nitrogens is 2. The zero-order valence-corrected chi connectivity index (χ0v) is 40.1. The fourth-order valence-electron chi connectivity index (χ4n) is 12.2. The summed E-state index contributed by atoms with van der Waals surface area (Å²) in [6, 6.07) is 13.4. The molecular weight excluding hydrogens is 901 g/mol. The van der Waals surface area contributed by atoms with Gasteiger partial charge in [0.05, 0.1) is 5.56 Å². The van der Waals surface area contributed by atoms with Gasteiger partial charge in [-0.3, -0.25) is 38.5 Å². The topological polar surface area (TPSA) is 231 Å². The standard InChI is InChI=1S/C54H64N10O7/c65-47(34-14-11-24-55-30-34)56-25-10-7-19-41-51(69)63-26-12-21-45(63)52(70)64-44-20-6-1-13-33(44)29-46(64)50(68)60-43(28-36-32-58-40-18-5-3-16-38(36)40)49(67)62-54(22-8-9-23-54)53(71)61-42(48(66)59-41)27-35-31-57-39-17-4-2-15-37(35)39/h2-5,11,14-18,24,30-33,41-46,57-58H,1,6-10,12-13,19-23,25-29H2,(H,56,65)(H,59,66)(H,60,68)(H,61,71)(H,62,67)/t33-,41+,42+,43+,44-,45-,46-/m1/s1. The largest absolute Gasteiger partial charge is 0.361 e. The highest BCUT2D eigenvalue weighted by Gasteiger charge is 2.52. The molecule has 17 nitrogen and oxygen atoms in total. The molecule has 17 heteroatoms. The van der Waals surface area contributed by atoms with E-state index in [1.807, 2.05) is 60.9 Å². The van der Waals surface area contributed by atoms with Gasteiger partial charge >= 0.3 is 0 Å². The zero-order chi connectivity index (χ0) is 49.1. The number of aromatic nitrogens is 3. The van der Waals surface area contributed by atoms with E-state index in [0.717, 1.165) is 58.6 Å². The first-order valence-corrected chi connectivity index (χ1v) is 25.7. The van der Waals surface area contributed by atoms with Crippen molar-refractivity contribution >= 4 is 63.2 Å². The van der Waals surface area contributed by atoms with E-state index in [4.69, 9.17) is 0 Å². The maximum atomic E-state index is 15.3. The van der Waals surface area contributed by atoms with Gasteiger partial charge in [0.15, 0.2) is 0 Å². The van der Waals surface area contributed by atoms with E-state index < -0.39 is 65.3 Å². The molecule has 2 aromatic carbocycles. The molecule has 0 bridgehead atoms. The molecule has 7 atom stereocenters. The Bertz CT molecular complexity index is 2800. The second-order valence-electron chi connectivity index (χ2n) is 20.3. The molecule has 6 heterocycles. The fraction of sp³-hybridized carbons (Fsp3) is 0.481. The maximum Gasteiger partial charge on any atom is 0.252 e. The lowest BCUT2D eigenvalue weighted by Gasteiger charge is -2.38. The van der Waals surface area contributed by atoms with Gasteiger partial charge in [-0.2, -0.15) is 0 Å². The summed E-state index contributed by atoms with van der Waals surface area (Å²) in [7, 11) is 0. The SMILES string of the molecule is O=C(NCCCC[C@@H]1NC(=O)[C@H](Cc2c[nH]c3ccccc23)NC(=O)C2(CCCC2)NC(=O)[C@H](Cc2c[nH]c3ccccc23)NC(=O)[C@H]2C[C@H]3CCCC[C@H]3N2C(=O)[C@H]2CCCN2C1=O)c1cccnc1. The van der Waals surface area contributed by atoms with Crippen LogP contribution in [0, 0.1) is 5.92 Å². The van der Waals surface area contributed by atoms with Crippen molar-refractivity contribution in [1.29, 1.82) is 0 Å². The Morgan fingerprint density at radius 2 is 1.35 bits per heavy atom. The van der Waals surface area contributed by atoms with Crippen LogP contribution in [0.4, 0.5) is 0 Å². The number of fused-ring (bicyclic) bond motifs is 6. The highest BCUT2D eigenvalue weighted by Crippen LogP contribution is 2.41. The van der Waals surface area contributed by atoms with Crippen LogP contribution in [0.25, 0.3) is 21.8 Å². The third-order valence-electron chi connectivity index (χ3n) is 15.9. The Morgan fingerprint density at radius 1 is 0.676 bits per heavy atom. The summed E-state index contributed by atoms with van der Waals surface area (Å²) in [6.45, 7) is 0.594. The van der Waals surface area contributed by atoms with Gasteiger partial charge < -0.3 is 46.4 Å². The molecular formula is C54H64N10O7. The van der Waals surface area contributed by atoms with Crippen LogP contribution in [0.3, 0.4) is 0 Å². The molecule has 3 aliphatic heterocycles. The third-order valence-corrected chi connectivity index (χ3v) is 15.9. The van der Waals surface area contributed by atoms with E-state index in [-0.39, 0.29) is 49.6 Å². The first kappa shape index (κ1) is 47.6. The minimum atomic E-state index is -1.41. The maximum absolute atomic E-state index is 15.3. The minimum absolute atomic E-state index is 0.0654. The quantitative estimate of drug-likeness (QED) is 0.0986. The molecule has 5 aliphatic rings. The number of amides is 7. The van der Waals surface area contributed by atoms with Crippen molar-refractivity contribution in [3.05, 3.63) is 102 Å². The van der Waals surface area contributed by atoms with Gasteiger partial charge in [-0.25, -0.2) is 0 Å². The molecule has 2 saturated carbocycles. The Morgan fingerprint density at radius 3 is 2.06 bits per heavy atom. The van der Waals surface area contributed by atoms with Crippen molar-refractivity contribution in [2.24, 2.45) is 5.92 Å². The Hall–Kier alpha value is -7.04. The van der Waals surface area contributed by atoms with Crippen LogP contribution < -0.4 is 26.6 Å². The summed E-state index contributed by atoms with van der Waals surface area (Å²) in [6.07, 6.45) is 14.8. The Labute approximate surface area is 412 Å². The second-order valence-corrected chi connectivity index (χ2v) is 20.3. The van der Waals surface area contributed by atoms with Crippen molar-refractivity contribution in [1.82, 2.24) is 51.3 Å². The number of nitrogens with zero attached hydrogens (tertiary/aromatic N) is 3. The Balaban J connectivity index is 1.00. The van der Waals surface area contributed by atoms with Crippen LogP contribution >= 0.6 is 0 Å². The van der Waals surface area contributed by atoms with E-state index in [1.54, 1.807) is 28.1 Å². The number of para-hydroxylation sites is 2. The number of carbonyl (C=O) groups excluding carboxylic acids is 7. The summed E-state index contributed by atoms with van der Waals surface area (Å²) in [5.41, 5.74) is 2.32. The molecule has 71 heavy (non-hydrogen) atoms. The number of benzene rings is 2. The van der Waals surface area contributed by atoms with Crippen molar-refractivity contribution in [2.45, 2.75) is 145 Å². The van der Waals surface area contributed by atoms with Crippen molar-refractivity contribution in [3.63, 3.8) is 0 Å². The van der Waals surface area contributed by atoms with Crippen LogP contribution in [0.5, 0.6) is 0 Å². The summed E-state index contributed by atoms with van der Waals surface area (Å²) in [5.74, 6) is -2.97. The summed E-state index contributed by atoms with van der Waals surface area (Å²) >= 11 is 0. The minimum Gasteiger partial charge on any atom is -0.361 e. The van der Waals surface area contributed by atoms with Crippen molar-refractivity contribution < 1.29 is 33.6 Å². The molecule has 3 saturated heterocycles. The molecule has 2 aliphatic carbocycles. The molecule has 7 amide bonds. The molecule has 1 spiro atoms. The highest BCUT2D eigenvalue weighted by molar-refractivity contribution is 6.01. The van der Waals surface area contributed by atoms with E-state index in [1.165, 1.54) is 6.20 Å². The summed E-state index contributed by atoms with van der Waals surface area (Å²) in [5, 5.41) is 17.0. The smallest absolute Gasteiger partial charge is 0.252 e. The number of pyridine rings is 1. The van der Waals surface area contributed by atoms with E-state index in [0.29, 0.717) is 69.9 Å². The van der Waals surface area contributed by atoms with Gasteiger partial charge in [-0.05, 0) is 106 Å². The third kappa shape index (κ3) is 9.87. The van der Waals surface area contributed by atoms with Gasteiger partial charge in [0.25, 0.3) is 5.91 Å². The number of rotatable bonds is 10. The normalized spacial score (nSPS) is 26.3. The van der Waals surface area contributed by atoms with Crippen molar-refractivity contribution in [3.8, 4) is 0 Å². The van der Waals surface area contributed by atoms with Crippen LogP contribution in [0.2, 0.25) is 0 Å². The number of nitrogens with one attached hydrogen (secondary N) is 7. The molecule has 5 fully saturated rings. The van der Waals surface area contributed by atoms with Gasteiger partial charge in [-0.15, -0.1) is 0 Å². The summed E-state index contributed by atoms with van der Waals surface area (Å²) in [4.78, 5) is 117. The molecule has 372 valence electrons. The molecule has 3 aromatic heterocycles. The number of hydrogen-bond acceptors (Lipinski definition) is 8. The molecule has 10 rings (SSSR count).